The fourth-order valence-electron chi connectivity index (χ4n) is 0.681. The Kier molecular flexibility index (Phi) is 6.73. The Labute approximate surface area is 75.0 Å². The Morgan fingerprint density at radius 1 is 1.00 bits per heavy atom. The Hall–Kier alpha value is 0.150. The van der Waals surface area contributed by atoms with Crippen LogP contribution < -0.4 is 0 Å². The Bertz CT molecular complexity index is 135. The van der Waals surface area contributed by atoms with E-state index in [0.717, 1.165) is 12.8 Å². The molecule has 0 aromatic rings. The van der Waals surface area contributed by atoms with Crippen LogP contribution in [0.2, 0.25) is 0 Å². The van der Waals surface area contributed by atoms with Crippen molar-refractivity contribution in [2.75, 3.05) is 19.4 Å². The van der Waals surface area contributed by atoms with Gasteiger partial charge in [-0.1, -0.05) is 20.8 Å². The lowest BCUT2D eigenvalue weighted by atomic mass is 10.5. The molecule has 0 N–H and O–H groups in total. The number of rotatable bonds is 7. The molecule has 0 spiro atoms. The Morgan fingerprint density at radius 2 is 1.42 bits per heavy atom. The summed E-state index contributed by atoms with van der Waals surface area (Å²) in [6, 6.07) is 0. The third-order valence-corrected chi connectivity index (χ3v) is 3.30. The molecule has 0 radical (unpaired) electrons. The van der Waals surface area contributed by atoms with Gasteiger partial charge in [0.05, 0.1) is 13.2 Å². The summed E-state index contributed by atoms with van der Waals surface area (Å²) >= 11 is 0. The van der Waals surface area contributed by atoms with Gasteiger partial charge < -0.3 is 9.05 Å². The zero-order valence-electron chi connectivity index (χ0n) is 8.21. The molecule has 0 bridgehead atoms. The van der Waals surface area contributed by atoms with Crippen molar-refractivity contribution < 1.29 is 13.6 Å². The predicted octanol–water partition coefficient (Wildman–Crippen LogP) is 3.05. The van der Waals surface area contributed by atoms with Crippen molar-refractivity contribution in [1.82, 2.24) is 0 Å². The Balaban J connectivity index is 3.79. The summed E-state index contributed by atoms with van der Waals surface area (Å²) in [5.74, 6) is 0. The molecule has 0 fully saturated rings. The van der Waals surface area contributed by atoms with Crippen LogP contribution in [-0.2, 0) is 13.6 Å². The van der Waals surface area contributed by atoms with E-state index >= 15 is 0 Å². The molecule has 74 valence electrons. The first kappa shape index (κ1) is 12.2. The van der Waals surface area contributed by atoms with Gasteiger partial charge in [0.15, 0.2) is 0 Å². The molecule has 12 heavy (non-hydrogen) atoms. The van der Waals surface area contributed by atoms with Gasteiger partial charge in [-0.15, -0.1) is 0 Å². The summed E-state index contributed by atoms with van der Waals surface area (Å²) in [7, 11) is -2.73. The third kappa shape index (κ3) is 4.91. The average Bonchev–Trinajstić information content (AvgIpc) is 2.11. The third-order valence-electron chi connectivity index (χ3n) is 1.37. The minimum absolute atomic E-state index is 0.465. The van der Waals surface area contributed by atoms with Crippen molar-refractivity contribution in [2.45, 2.75) is 33.6 Å². The normalized spacial score (nSPS) is 11.9. The van der Waals surface area contributed by atoms with Crippen LogP contribution in [-0.4, -0.2) is 19.4 Å². The second-order valence-corrected chi connectivity index (χ2v) is 4.96. The van der Waals surface area contributed by atoms with E-state index in [-0.39, 0.29) is 0 Å². The topological polar surface area (TPSA) is 35.5 Å². The maximum Gasteiger partial charge on any atom is 0.330 e. The van der Waals surface area contributed by atoms with Crippen LogP contribution in [0.3, 0.4) is 0 Å². The highest BCUT2D eigenvalue weighted by molar-refractivity contribution is 7.53. The van der Waals surface area contributed by atoms with Crippen LogP contribution >= 0.6 is 7.60 Å². The smallest absolute Gasteiger partial charge is 0.309 e. The summed E-state index contributed by atoms with van der Waals surface area (Å²) in [5.41, 5.74) is 0. The van der Waals surface area contributed by atoms with Crippen molar-refractivity contribution in [3.05, 3.63) is 0 Å². The zero-order valence-corrected chi connectivity index (χ0v) is 9.10. The first-order chi connectivity index (χ1) is 5.68. The van der Waals surface area contributed by atoms with Crippen molar-refractivity contribution in [1.29, 1.82) is 0 Å². The first-order valence-electron chi connectivity index (χ1n) is 4.56. The molecular formula is C8H19O3P. The number of hydrogen-bond acceptors (Lipinski definition) is 3. The van der Waals surface area contributed by atoms with E-state index in [4.69, 9.17) is 9.05 Å². The lowest BCUT2D eigenvalue weighted by Gasteiger charge is -2.15. The van der Waals surface area contributed by atoms with E-state index in [0.29, 0.717) is 19.4 Å². The lowest BCUT2D eigenvalue weighted by molar-refractivity contribution is 0.205. The zero-order chi connectivity index (χ0) is 9.45. The van der Waals surface area contributed by atoms with Crippen molar-refractivity contribution >= 4 is 7.60 Å². The quantitative estimate of drug-likeness (QED) is 0.584. The maximum atomic E-state index is 11.7. The molecule has 0 aliphatic heterocycles. The molecule has 0 aliphatic rings. The summed E-state index contributed by atoms with van der Waals surface area (Å²) in [6.07, 6.45) is 2.21. The van der Waals surface area contributed by atoms with E-state index in [2.05, 4.69) is 0 Å². The van der Waals surface area contributed by atoms with Gasteiger partial charge in [0.1, 0.15) is 0 Å². The average molecular weight is 194 g/mol. The molecule has 0 saturated heterocycles. The molecule has 0 aromatic carbocycles. The highest BCUT2D eigenvalue weighted by Crippen LogP contribution is 2.47. The molecule has 0 amide bonds. The van der Waals surface area contributed by atoms with Crippen LogP contribution in [0, 0.1) is 0 Å². The Morgan fingerprint density at radius 3 is 1.67 bits per heavy atom. The van der Waals surface area contributed by atoms with Crippen LogP contribution in [0.15, 0.2) is 0 Å². The van der Waals surface area contributed by atoms with E-state index in [1.807, 2.05) is 20.8 Å². The van der Waals surface area contributed by atoms with Gasteiger partial charge in [-0.2, -0.15) is 0 Å². The van der Waals surface area contributed by atoms with Crippen molar-refractivity contribution in [3.63, 3.8) is 0 Å². The highest BCUT2D eigenvalue weighted by atomic mass is 31.2. The standard InChI is InChI=1S/C8H19O3P/c1-4-7-10-12(9,6-3)11-8-5-2/h4-8H2,1-3H3. The van der Waals surface area contributed by atoms with Crippen molar-refractivity contribution in [2.24, 2.45) is 0 Å². The fraction of sp³-hybridized carbons (Fsp3) is 1.00. The van der Waals surface area contributed by atoms with E-state index in [1.54, 1.807) is 0 Å². The fourth-order valence-corrected chi connectivity index (χ4v) is 2.04. The molecule has 0 rings (SSSR count). The summed E-state index contributed by atoms with van der Waals surface area (Å²) in [4.78, 5) is 0. The van der Waals surface area contributed by atoms with E-state index in [9.17, 15) is 4.57 Å². The van der Waals surface area contributed by atoms with Crippen molar-refractivity contribution in [3.8, 4) is 0 Å². The van der Waals surface area contributed by atoms with Gasteiger partial charge in [0, 0.05) is 6.16 Å². The van der Waals surface area contributed by atoms with Crippen LogP contribution in [0.1, 0.15) is 33.6 Å². The highest BCUT2D eigenvalue weighted by Gasteiger charge is 2.20. The van der Waals surface area contributed by atoms with E-state index in [1.165, 1.54) is 0 Å². The minimum Gasteiger partial charge on any atom is -0.309 e. The second kappa shape index (κ2) is 6.64. The monoisotopic (exact) mass is 194 g/mol. The minimum atomic E-state index is -2.73. The van der Waals surface area contributed by atoms with Gasteiger partial charge in [-0.25, -0.2) is 0 Å². The van der Waals surface area contributed by atoms with E-state index < -0.39 is 7.60 Å². The molecule has 0 heterocycles. The SMILES string of the molecule is CCCOP(=O)(CC)OCCC. The summed E-state index contributed by atoms with van der Waals surface area (Å²) < 4.78 is 22.0. The molecule has 0 atom stereocenters. The summed E-state index contributed by atoms with van der Waals surface area (Å²) in [6.45, 7) is 6.84. The first-order valence-corrected chi connectivity index (χ1v) is 6.29. The van der Waals surface area contributed by atoms with Gasteiger partial charge in [-0.3, -0.25) is 4.57 Å². The van der Waals surface area contributed by atoms with Gasteiger partial charge in [-0.05, 0) is 12.8 Å². The molecular weight excluding hydrogens is 175 g/mol. The maximum absolute atomic E-state index is 11.7. The molecule has 4 heteroatoms. The molecule has 0 aromatic heterocycles. The lowest BCUT2D eigenvalue weighted by Crippen LogP contribution is -1.99. The molecule has 0 aliphatic carbocycles. The molecule has 3 nitrogen and oxygen atoms in total. The van der Waals surface area contributed by atoms with Gasteiger partial charge in [0.2, 0.25) is 0 Å². The second-order valence-electron chi connectivity index (χ2n) is 2.59. The van der Waals surface area contributed by atoms with Gasteiger partial charge >= 0.3 is 7.60 Å². The molecule has 0 saturated carbocycles. The van der Waals surface area contributed by atoms with Crippen LogP contribution in [0.5, 0.6) is 0 Å². The largest absolute Gasteiger partial charge is 0.330 e. The van der Waals surface area contributed by atoms with Gasteiger partial charge in [0.25, 0.3) is 0 Å². The summed E-state index contributed by atoms with van der Waals surface area (Å²) in [5, 5.41) is 0. The number of hydrogen-bond donors (Lipinski definition) is 0. The predicted molar refractivity (Wildman–Crippen MR) is 50.6 cm³/mol. The molecule has 0 unspecified atom stereocenters. The van der Waals surface area contributed by atoms with Crippen LogP contribution in [0.4, 0.5) is 0 Å². The van der Waals surface area contributed by atoms with Crippen LogP contribution in [0.25, 0.3) is 0 Å².